The molecule has 1 unspecified atom stereocenters. The molecule has 0 aliphatic carbocycles. The van der Waals surface area contributed by atoms with Gasteiger partial charge in [0.15, 0.2) is 0 Å². The van der Waals surface area contributed by atoms with Gasteiger partial charge in [-0.05, 0) is 29.0 Å². The zero-order valence-corrected chi connectivity index (χ0v) is 18.0. The molecule has 3 aromatic rings. The molecule has 4 heteroatoms. The van der Waals surface area contributed by atoms with Gasteiger partial charge in [0.2, 0.25) is 5.91 Å². The number of imide groups is 1. The van der Waals surface area contributed by atoms with Gasteiger partial charge in [-0.1, -0.05) is 97.9 Å². The van der Waals surface area contributed by atoms with Crippen LogP contribution in [0, 0.1) is 0 Å². The van der Waals surface area contributed by atoms with Crippen LogP contribution in [0.15, 0.2) is 91.0 Å². The molecule has 31 heavy (non-hydrogen) atoms. The molecule has 1 saturated heterocycles. The number of hydrogen-bond acceptors (Lipinski definition) is 2. The van der Waals surface area contributed by atoms with E-state index in [4.69, 9.17) is 0 Å². The van der Waals surface area contributed by atoms with Crippen LogP contribution in [0.1, 0.15) is 54.5 Å². The zero-order valence-electron chi connectivity index (χ0n) is 18.0. The normalized spacial score (nSPS) is 19.5. The predicted octanol–water partition coefficient (Wildman–Crippen LogP) is 5.95. The van der Waals surface area contributed by atoms with E-state index in [1.165, 1.54) is 4.90 Å². The van der Waals surface area contributed by atoms with Crippen LogP contribution in [0.2, 0.25) is 0 Å². The Balaban J connectivity index is 1.71. The first-order valence-corrected chi connectivity index (χ1v) is 10.9. The molecule has 3 atom stereocenters. The zero-order chi connectivity index (χ0) is 21.8. The molecule has 1 fully saturated rings. The molecule has 1 heterocycles. The Morgan fingerprint density at radius 1 is 0.806 bits per heavy atom. The van der Waals surface area contributed by atoms with Crippen LogP contribution in [0.4, 0.5) is 4.79 Å². The maximum atomic E-state index is 13.6. The van der Waals surface area contributed by atoms with Crippen LogP contribution in [0.25, 0.3) is 0 Å². The second kappa shape index (κ2) is 9.17. The Morgan fingerprint density at radius 2 is 1.29 bits per heavy atom. The van der Waals surface area contributed by atoms with Crippen molar-refractivity contribution >= 4 is 11.9 Å². The SMILES string of the molecule is CCC(CC(=O)N1C(=O)N(C)[C@@H](c2ccccc2)[C@@H]1c1ccccc1)c1ccccc1. The lowest BCUT2D eigenvalue weighted by Crippen LogP contribution is -2.37. The molecule has 0 N–H and O–H groups in total. The van der Waals surface area contributed by atoms with Crippen LogP contribution < -0.4 is 0 Å². The van der Waals surface area contributed by atoms with Crippen molar-refractivity contribution in [1.82, 2.24) is 9.80 Å². The number of rotatable bonds is 6. The number of carbonyl (C=O) groups is 2. The monoisotopic (exact) mass is 412 g/mol. The van der Waals surface area contributed by atoms with E-state index < -0.39 is 0 Å². The first-order chi connectivity index (χ1) is 15.1. The molecule has 0 radical (unpaired) electrons. The number of amides is 3. The predicted molar refractivity (Wildman–Crippen MR) is 122 cm³/mol. The van der Waals surface area contributed by atoms with Crippen molar-refractivity contribution in [3.63, 3.8) is 0 Å². The summed E-state index contributed by atoms with van der Waals surface area (Å²) < 4.78 is 0. The van der Waals surface area contributed by atoms with Gasteiger partial charge in [0.1, 0.15) is 0 Å². The third-order valence-electron chi connectivity index (χ3n) is 6.24. The molecule has 4 rings (SSSR count). The van der Waals surface area contributed by atoms with Gasteiger partial charge in [-0.2, -0.15) is 0 Å². The van der Waals surface area contributed by atoms with E-state index in [1.54, 1.807) is 11.9 Å². The fraction of sp³-hybridized carbons (Fsp3) is 0.259. The number of nitrogens with zero attached hydrogens (tertiary/aromatic N) is 2. The molecule has 3 aromatic carbocycles. The lowest BCUT2D eigenvalue weighted by Gasteiger charge is -2.28. The highest BCUT2D eigenvalue weighted by molar-refractivity contribution is 5.97. The minimum Gasteiger partial charge on any atom is -0.318 e. The molecule has 158 valence electrons. The Hall–Kier alpha value is -3.40. The fourth-order valence-corrected chi connectivity index (χ4v) is 4.59. The fourth-order valence-electron chi connectivity index (χ4n) is 4.59. The molecule has 3 amide bonds. The molecule has 0 saturated carbocycles. The number of hydrogen-bond donors (Lipinski definition) is 0. The van der Waals surface area contributed by atoms with E-state index in [-0.39, 0.29) is 29.9 Å². The number of carbonyl (C=O) groups excluding carboxylic acids is 2. The third kappa shape index (κ3) is 4.11. The van der Waals surface area contributed by atoms with Crippen LogP contribution in [-0.4, -0.2) is 28.8 Å². The third-order valence-corrected chi connectivity index (χ3v) is 6.24. The summed E-state index contributed by atoms with van der Waals surface area (Å²) in [5.41, 5.74) is 3.13. The number of benzene rings is 3. The van der Waals surface area contributed by atoms with Crippen molar-refractivity contribution in [3.8, 4) is 0 Å². The van der Waals surface area contributed by atoms with Gasteiger partial charge in [0.25, 0.3) is 0 Å². The highest BCUT2D eigenvalue weighted by atomic mass is 16.2. The first kappa shape index (κ1) is 20.9. The number of urea groups is 1. The smallest absolute Gasteiger partial charge is 0.318 e. The summed E-state index contributed by atoms with van der Waals surface area (Å²) in [7, 11) is 1.79. The molecule has 0 spiro atoms. The standard InChI is InChI=1S/C27H28N2O2/c1-3-20(21-13-7-4-8-14-21)19-24(30)29-26(23-17-11-6-12-18-23)25(28(2)27(29)31)22-15-9-5-10-16-22/h4-18,20,25-26H,3,19H2,1-2H3/t20?,25-,26-/m0/s1. The summed E-state index contributed by atoms with van der Waals surface area (Å²) in [4.78, 5) is 30.1. The molecular weight excluding hydrogens is 384 g/mol. The first-order valence-electron chi connectivity index (χ1n) is 10.9. The van der Waals surface area contributed by atoms with Gasteiger partial charge >= 0.3 is 6.03 Å². The van der Waals surface area contributed by atoms with Gasteiger partial charge in [-0.25, -0.2) is 4.79 Å². The van der Waals surface area contributed by atoms with Crippen molar-refractivity contribution in [1.29, 1.82) is 0 Å². The summed E-state index contributed by atoms with van der Waals surface area (Å²) in [6.07, 6.45) is 1.15. The largest absolute Gasteiger partial charge is 0.327 e. The lowest BCUT2D eigenvalue weighted by atomic mass is 9.90. The summed E-state index contributed by atoms with van der Waals surface area (Å²) in [6.45, 7) is 2.09. The van der Waals surface area contributed by atoms with Gasteiger partial charge in [-0.15, -0.1) is 0 Å². The average Bonchev–Trinajstić information content (AvgIpc) is 3.09. The van der Waals surface area contributed by atoms with E-state index in [1.807, 2.05) is 78.9 Å². The van der Waals surface area contributed by atoms with Crippen molar-refractivity contribution < 1.29 is 9.59 Å². The summed E-state index contributed by atoms with van der Waals surface area (Å²) in [5.74, 6) is -0.0427. The van der Waals surface area contributed by atoms with Gasteiger partial charge < -0.3 is 4.90 Å². The van der Waals surface area contributed by atoms with E-state index in [0.717, 1.165) is 23.1 Å². The molecule has 1 aliphatic heterocycles. The Morgan fingerprint density at radius 3 is 1.81 bits per heavy atom. The van der Waals surface area contributed by atoms with Crippen LogP contribution in [0.5, 0.6) is 0 Å². The summed E-state index contributed by atoms with van der Waals surface area (Å²) in [6, 6.07) is 29.1. The Bertz CT molecular complexity index is 1020. The van der Waals surface area contributed by atoms with Crippen LogP contribution in [-0.2, 0) is 4.79 Å². The van der Waals surface area contributed by atoms with Gasteiger partial charge in [-0.3, -0.25) is 9.69 Å². The minimum absolute atomic E-state index is 0.0824. The lowest BCUT2D eigenvalue weighted by molar-refractivity contribution is -0.129. The summed E-state index contributed by atoms with van der Waals surface area (Å²) in [5, 5.41) is 0. The molecule has 4 nitrogen and oxygen atoms in total. The minimum atomic E-state index is -0.359. The van der Waals surface area contributed by atoms with E-state index in [2.05, 4.69) is 19.1 Å². The van der Waals surface area contributed by atoms with E-state index in [0.29, 0.717) is 6.42 Å². The second-order valence-electron chi connectivity index (χ2n) is 8.09. The van der Waals surface area contributed by atoms with Gasteiger partial charge in [0.05, 0.1) is 12.1 Å². The molecule has 0 bridgehead atoms. The number of likely N-dealkylation sites (N-methyl/N-ethyl adjacent to an activating group) is 1. The maximum absolute atomic E-state index is 13.6. The topological polar surface area (TPSA) is 40.6 Å². The maximum Gasteiger partial charge on any atom is 0.327 e. The highest BCUT2D eigenvalue weighted by Gasteiger charge is 2.48. The van der Waals surface area contributed by atoms with Crippen LogP contribution >= 0.6 is 0 Å². The van der Waals surface area contributed by atoms with Crippen molar-refractivity contribution in [2.24, 2.45) is 0 Å². The van der Waals surface area contributed by atoms with Crippen LogP contribution in [0.3, 0.4) is 0 Å². The summed E-state index contributed by atoms with van der Waals surface area (Å²) >= 11 is 0. The van der Waals surface area contributed by atoms with E-state index >= 15 is 0 Å². The molecule has 1 aliphatic rings. The van der Waals surface area contributed by atoms with Gasteiger partial charge in [0, 0.05) is 13.5 Å². The molecule has 0 aromatic heterocycles. The Labute approximate surface area is 184 Å². The Kier molecular flexibility index (Phi) is 6.17. The van der Waals surface area contributed by atoms with Crippen molar-refractivity contribution in [3.05, 3.63) is 108 Å². The second-order valence-corrected chi connectivity index (χ2v) is 8.09. The van der Waals surface area contributed by atoms with Crippen molar-refractivity contribution in [2.45, 2.75) is 37.8 Å². The van der Waals surface area contributed by atoms with Crippen molar-refractivity contribution in [2.75, 3.05) is 7.05 Å². The highest BCUT2D eigenvalue weighted by Crippen LogP contribution is 2.45. The molecular formula is C27H28N2O2. The quantitative estimate of drug-likeness (QED) is 0.502. The average molecular weight is 413 g/mol. The van der Waals surface area contributed by atoms with E-state index in [9.17, 15) is 9.59 Å².